The number of aliphatic hydroxyl groups excluding tert-OH is 4. The van der Waals surface area contributed by atoms with Gasteiger partial charge in [-0.3, -0.25) is 27.3 Å². The van der Waals surface area contributed by atoms with E-state index in [9.17, 15) is 44.2 Å². The first-order valence-corrected chi connectivity index (χ1v) is 21.5. The van der Waals surface area contributed by atoms with E-state index in [1.54, 1.807) is 0 Å². The van der Waals surface area contributed by atoms with Crippen molar-refractivity contribution in [1.82, 2.24) is 58.6 Å². The molecule has 6 aromatic rings. The van der Waals surface area contributed by atoms with Gasteiger partial charge in [-0.2, -0.15) is 0 Å². The van der Waals surface area contributed by atoms with Crippen LogP contribution in [0.1, 0.15) is 18.7 Å². The predicted molar refractivity (Wildman–Crippen MR) is 203 cm³/mol. The fraction of sp³-hybridized carbons (Fsp3) is 0.500. The third kappa shape index (κ3) is 7.65. The van der Waals surface area contributed by atoms with Gasteiger partial charge in [-0.05, 0) is 0 Å². The number of hydrogen-bond donors (Lipinski definition) is 10. The number of phosphoric ester groups is 2. The molecule has 6 aromatic heterocycles. The van der Waals surface area contributed by atoms with Gasteiger partial charge in [-0.1, -0.05) is 0 Å². The molecule has 338 valence electrons. The number of ether oxygens (including phenoxy) is 3. The maximum atomic E-state index is 13.8. The zero-order chi connectivity index (χ0) is 44.7. The molecule has 0 saturated carbocycles. The SMILES string of the molecule is NCC1OC(n2cnc3c(N)ncnc32)C(C(OP(=O)([O-])O)C2OC(n3cnc4c(N)ncnc43)C(OP(=O)(O)OCC3OC(n4cnc5c(N)ncnc54)C(O)C3O)C2O)C1O. The van der Waals surface area contributed by atoms with Crippen LogP contribution in [-0.4, -0.2) is 157 Å². The number of hydrogen-bond acceptors (Lipinski definition) is 26. The number of aliphatic hydroxyl groups is 4. The zero-order valence-electron chi connectivity index (χ0n) is 31.8. The van der Waals surface area contributed by atoms with Crippen molar-refractivity contribution in [2.24, 2.45) is 11.7 Å². The molecule has 0 amide bonds. The quantitative estimate of drug-likeness (QED) is 0.0487. The van der Waals surface area contributed by atoms with E-state index < -0.39 is 102 Å². The molecule has 33 heteroatoms. The largest absolute Gasteiger partial charge is 0.756 e. The van der Waals surface area contributed by atoms with Crippen molar-refractivity contribution >= 4 is 66.6 Å². The van der Waals surface area contributed by atoms with E-state index in [2.05, 4.69) is 44.9 Å². The fourth-order valence-electron chi connectivity index (χ4n) is 7.97. The number of aromatic nitrogens is 12. The Morgan fingerprint density at radius 2 is 1.16 bits per heavy atom. The summed E-state index contributed by atoms with van der Waals surface area (Å²) in [5, 5.41) is 45.5. The average Bonchev–Trinajstić information content (AvgIpc) is 4.09. The number of nitrogens with zero attached hydrogens (tertiary/aromatic N) is 12. The summed E-state index contributed by atoms with van der Waals surface area (Å²) in [6, 6.07) is 0. The lowest BCUT2D eigenvalue weighted by molar-refractivity contribution is -0.235. The maximum Gasteiger partial charge on any atom is 0.472 e. The summed E-state index contributed by atoms with van der Waals surface area (Å²) in [6.07, 6.45) is -14.0. The topological polar surface area (TPSA) is 469 Å². The minimum Gasteiger partial charge on any atom is -0.756 e. The highest BCUT2D eigenvalue weighted by Gasteiger charge is 2.59. The molecule has 0 aliphatic carbocycles. The minimum atomic E-state index is -5.84. The summed E-state index contributed by atoms with van der Waals surface area (Å²) >= 11 is 0. The van der Waals surface area contributed by atoms with Gasteiger partial charge in [0.15, 0.2) is 46.9 Å². The first-order chi connectivity index (χ1) is 30.0. The monoisotopic (exact) mass is 923 g/mol. The van der Waals surface area contributed by atoms with Crippen LogP contribution in [0.5, 0.6) is 0 Å². The van der Waals surface area contributed by atoms with E-state index in [4.69, 9.17) is 50.7 Å². The van der Waals surface area contributed by atoms with Crippen molar-refractivity contribution in [3.05, 3.63) is 38.0 Å². The minimum absolute atomic E-state index is 0.00690. The van der Waals surface area contributed by atoms with Gasteiger partial charge >= 0.3 is 7.82 Å². The van der Waals surface area contributed by atoms with Crippen LogP contribution < -0.4 is 27.8 Å². The highest BCUT2D eigenvalue weighted by molar-refractivity contribution is 7.47. The number of phosphoric acid groups is 2. The molecule has 3 aliphatic rings. The Bertz CT molecular complexity index is 2760. The number of nitrogen functional groups attached to an aromatic ring is 3. The smallest absolute Gasteiger partial charge is 0.472 e. The summed E-state index contributed by atoms with van der Waals surface area (Å²) in [6.45, 7) is -1.24. The summed E-state index contributed by atoms with van der Waals surface area (Å²) in [4.78, 5) is 70.4. The molecule has 3 saturated heterocycles. The molecule has 31 nitrogen and oxygen atoms in total. The van der Waals surface area contributed by atoms with Crippen LogP contribution >= 0.6 is 15.6 Å². The van der Waals surface area contributed by atoms with Gasteiger partial charge < -0.3 is 76.8 Å². The number of anilines is 3. The molecule has 15 atom stereocenters. The van der Waals surface area contributed by atoms with Crippen molar-refractivity contribution < 1.29 is 72.0 Å². The average molecular weight is 924 g/mol. The van der Waals surface area contributed by atoms with Gasteiger partial charge in [0, 0.05) is 6.54 Å². The second-order valence-electron chi connectivity index (χ2n) is 14.5. The maximum absolute atomic E-state index is 13.8. The zero-order valence-corrected chi connectivity index (χ0v) is 33.6. The van der Waals surface area contributed by atoms with Crippen molar-refractivity contribution in [2.75, 3.05) is 30.4 Å². The van der Waals surface area contributed by atoms with Crippen molar-refractivity contribution in [3.63, 3.8) is 0 Å². The van der Waals surface area contributed by atoms with E-state index in [0.717, 1.165) is 29.9 Å². The van der Waals surface area contributed by atoms with Crippen LogP contribution in [0.3, 0.4) is 0 Å². The first kappa shape index (κ1) is 43.2. The van der Waals surface area contributed by atoms with Crippen LogP contribution in [0.25, 0.3) is 33.5 Å². The number of nitrogens with two attached hydrogens (primary N) is 4. The summed E-state index contributed by atoms with van der Waals surface area (Å²) in [7, 11) is -11.3. The van der Waals surface area contributed by atoms with Gasteiger partial charge in [0.25, 0.3) is 7.82 Å². The molecule has 63 heavy (non-hydrogen) atoms. The number of rotatable bonds is 13. The summed E-state index contributed by atoms with van der Waals surface area (Å²) in [5.41, 5.74) is 24.2. The molecule has 0 aromatic carbocycles. The Labute approximate surface area is 350 Å². The molecule has 0 spiro atoms. The molecule has 3 fully saturated rings. The van der Waals surface area contributed by atoms with Crippen molar-refractivity contribution in [1.29, 1.82) is 0 Å². The Balaban J connectivity index is 1.04. The normalized spacial score (nSPS) is 32.4. The molecule has 15 unspecified atom stereocenters. The van der Waals surface area contributed by atoms with Crippen LogP contribution in [0, 0.1) is 5.92 Å². The lowest BCUT2D eigenvalue weighted by Crippen LogP contribution is -2.49. The van der Waals surface area contributed by atoms with Gasteiger partial charge in [0.05, 0.1) is 43.7 Å². The number of fused-ring (bicyclic) bond motifs is 3. The lowest BCUT2D eigenvalue weighted by atomic mass is 9.88. The Kier molecular flexibility index (Phi) is 11.1. The third-order valence-electron chi connectivity index (χ3n) is 10.8. The Morgan fingerprint density at radius 1 is 0.667 bits per heavy atom. The van der Waals surface area contributed by atoms with Crippen molar-refractivity contribution in [2.45, 2.75) is 73.6 Å². The van der Waals surface area contributed by atoms with Gasteiger partial charge in [-0.25, -0.2) is 49.4 Å². The molecule has 0 radical (unpaired) electrons. The summed E-state index contributed by atoms with van der Waals surface area (Å²) in [5.74, 6) is -1.75. The van der Waals surface area contributed by atoms with E-state index >= 15 is 0 Å². The second kappa shape index (κ2) is 16.2. The van der Waals surface area contributed by atoms with E-state index in [1.165, 1.54) is 21.8 Å². The van der Waals surface area contributed by atoms with Crippen LogP contribution in [0.15, 0.2) is 38.0 Å². The van der Waals surface area contributed by atoms with Gasteiger partial charge in [-0.15, -0.1) is 0 Å². The molecular weight excluding hydrogens is 886 g/mol. The standard InChI is InChI=1S/C30H38N16O15P2/c31-1-9-15(47)11(28(57-9)44-6-41-12-22(32)35-3-38-25(12)44)19(60-62(51,52)53)20-18(50)21(30(59-20)46-8-43-14-24(34)37-5-40-27(14)46)61-63(54,55)56-2-10-16(48)17(49)29(58-10)45-7-42-13-23(33)36-4-39-26(13)45/h3-11,15-21,28-30,47-50H,1-2,31H2,(H,54,55)(H2,32,35,38)(H2,33,36,39)(H2,34,37,40)(H2,51,52,53)/p-1. The Hall–Kier alpha value is -5.05. The van der Waals surface area contributed by atoms with Crippen LogP contribution in [0.4, 0.5) is 17.5 Å². The molecule has 3 aliphatic heterocycles. The molecule has 0 bridgehead atoms. The van der Waals surface area contributed by atoms with E-state index in [-0.39, 0.29) is 57.5 Å². The number of imidazole rings is 3. The molecule has 14 N–H and O–H groups in total. The Morgan fingerprint density at radius 3 is 1.67 bits per heavy atom. The highest BCUT2D eigenvalue weighted by atomic mass is 31.2. The molecular formula is C30H37N16O15P2-. The van der Waals surface area contributed by atoms with Crippen LogP contribution in [0.2, 0.25) is 0 Å². The highest BCUT2D eigenvalue weighted by Crippen LogP contribution is 2.53. The third-order valence-corrected chi connectivity index (χ3v) is 12.3. The van der Waals surface area contributed by atoms with Crippen molar-refractivity contribution in [3.8, 4) is 0 Å². The fourth-order valence-corrected chi connectivity index (χ4v) is 9.48. The summed E-state index contributed by atoms with van der Waals surface area (Å²) < 4.78 is 64.1. The predicted octanol–water partition coefficient (Wildman–Crippen LogP) is -4.69. The second-order valence-corrected chi connectivity index (χ2v) is 17.1. The van der Waals surface area contributed by atoms with Gasteiger partial charge in [0.2, 0.25) is 0 Å². The van der Waals surface area contributed by atoms with Gasteiger partial charge in [0.1, 0.15) is 84.5 Å². The molecule has 9 heterocycles. The molecule has 9 rings (SSSR count). The van der Waals surface area contributed by atoms with E-state index in [0.29, 0.717) is 0 Å². The van der Waals surface area contributed by atoms with Crippen LogP contribution in [-0.2, 0) is 36.9 Å². The van der Waals surface area contributed by atoms with E-state index in [1.807, 2.05) is 0 Å². The lowest BCUT2D eigenvalue weighted by Gasteiger charge is -2.36. The first-order valence-electron chi connectivity index (χ1n) is 18.5.